The first kappa shape index (κ1) is 14.3. The van der Waals surface area contributed by atoms with Crippen LogP contribution in [0.3, 0.4) is 0 Å². The molecule has 2 atom stereocenters. The van der Waals surface area contributed by atoms with Gasteiger partial charge in [-0.2, -0.15) is 0 Å². The standard InChI is InChI=1S/C15H28N2S/c1-15(2,14(16)18)9-5-11-17-10-4-7-12-6-3-8-13(12)17/h12-13H,3-11H2,1-2H3,(H2,16,18). The summed E-state index contributed by atoms with van der Waals surface area (Å²) in [5.74, 6) is 1.00. The molecule has 1 aliphatic heterocycles. The Balaban J connectivity index is 1.78. The minimum absolute atomic E-state index is 0.0280. The fourth-order valence-electron chi connectivity index (χ4n) is 3.68. The molecule has 0 aromatic heterocycles. The van der Waals surface area contributed by atoms with E-state index in [-0.39, 0.29) is 5.41 Å². The monoisotopic (exact) mass is 268 g/mol. The quantitative estimate of drug-likeness (QED) is 0.775. The van der Waals surface area contributed by atoms with E-state index in [1.165, 1.54) is 51.6 Å². The zero-order valence-electron chi connectivity index (χ0n) is 12.0. The Bertz CT molecular complexity index is 301. The molecule has 1 heterocycles. The van der Waals surface area contributed by atoms with E-state index in [1.54, 1.807) is 0 Å². The lowest BCUT2D eigenvalue weighted by molar-refractivity contribution is 0.109. The minimum atomic E-state index is 0.0280. The predicted octanol–water partition coefficient (Wildman–Crippen LogP) is 3.34. The molecule has 3 heteroatoms. The van der Waals surface area contributed by atoms with Crippen molar-refractivity contribution in [2.75, 3.05) is 13.1 Å². The largest absolute Gasteiger partial charge is 0.393 e. The van der Waals surface area contributed by atoms with Crippen LogP contribution in [0.15, 0.2) is 0 Å². The van der Waals surface area contributed by atoms with E-state index in [1.807, 2.05) is 0 Å². The van der Waals surface area contributed by atoms with Crippen LogP contribution in [-0.2, 0) is 0 Å². The molecule has 1 saturated carbocycles. The summed E-state index contributed by atoms with van der Waals surface area (Å²) in [5.41, 5.74) is 5.82. The first-order valence-electron chi connectivity index (χ1n) is 7.55. The summed E-state index contributed by atoms with van der Waals surface area (Å²) in [6.07, 6.45) is 9.58. The van der Waals surface area contributed by atoms with Crippen LogP contribution in [0.25, 0.3) is 0 Å². The smallest absolute Gasteiger partial charge is 0.0784 e. The van der Waals surface area contributed by atoms with Gasteiger partial charge >= 0.3 is 0 Å². The lowest BCUT2D eigenvalue weighted by atomic mass is 9.87. The van der Waals surface area contributed by atoms with Crippen molar-refractivity contribution in [1.82, 2.24) is 4.90 Å². The van der Waals surface area contributed by atoms with Crippen LogP contribution in [0.2, 0.25) is 0 Å². The van der Waals surface area contributed by atoms with E-state index in [9.17, 15) is 0 Å². The Kier molecular flexibility index (Phi) is 4.65. The molecule has 2 N–H and O–H groups in total. The van der Waals surface area contributed by atoms with Crippen LogP contribution in [0.4, 0.5) is 0 Å². The number of thiocarbonyl (C=S) groups is 1. The number of hydrogen-bond acceptors (Lipinski definition) is 2. The zero-order valence-corrected chi connectivity index (χ0v) is 12.8. The lowest BCUT2D eigenvalue weighted by Crippen LogP contribution is -2.43. The normalized spacial score (nSPS) is 29.2. The van der Waals surface area contributed by atoms with Gasteiger partial charge in [0.2, 0.25) is 0 Å². The summed E-state index contributed by atoms with van der Waals surface area (Å²) >= 11 is 5.14. The van der Waals surface area contributed by atoms with Gasteiger partial charge in [-0.1, -0.05) is 32.5 Å². The molecule has 0 amide bonds. The highest BCUT2D eigenvalue weighted by Crippen LogP contribution is 2.37. The molecule has 2 nitrogen and oxygen atoms in total. The fourth-order valence-corrected chi connectivity index (χ4v) is 3.78. The van der Waals surface area contributed by atoms with Crippen LogP contribution < -0.4 is 5.73 Å². The molecule has 2 aliphatic rings. The third-order valence-electron chi connectivity index (χ3n) is 5.02. The third-order valence-corrected chi connectivity index (χ3v) is 5.57. The van der Waals surface area contributed by atoms with Gasteiger partial charge in [-0.05, 0) is 57.5 Å². The van der Waals surface area contributed by atoms with Crippen molar-refractivity contribution in [2.45, 2.75) is 64.8 Å². The second kappa shape index (κ2) is 5.87. The molecule has 0 radical (unpaired) electrons. The van der Waals surface area contributed by atoms with E-state index in [0.717, 1.165) is 18.4 Å². The average molecular weight is 268 g/mol. The molecule has 0 aromatic carbocycles. The van der Waals surface area contributed by atoms with Gasteiger partial charge in [0, 0.05) is 11.5 Å². The van der Waals surface area contributed by atoms with Gasteiger partial charge in [0.05, 0.1) is 4.99 Å². The van der Waals surface area contributed by atoms with Crippen LogP contribution in [-0.4, -0.2) is 29.0 Å². The molecule has 2 fully saturated rings. The van der Waals surface area contributed by atoms with Crippen molar-refractivity contribution < 1.29 is 0 Å². The summed E-state index contributed by atoms with van der Waals surface area (Å²) in [5, 5.41) is 0. The lowest BCUT2D eigenvalue weighted by Gasteiger charge is -2.38. The maximum Gasteiger partial charge on any atom is 0.0784 e. The first-order chi connectivity index (χ1) is 8.50. The highest BCUT2D eigenvalue weighted by Gasteiger charge is 2.34. The zero-order chi connectivity index (χ0) is 13.2. The molecular formula is C15H28N2S. The van der Waals surface area contributed by atoms with E-state index in [4.69, 9.17) is 18.0 Å². The summed E-state index contributed by atoms with van der Waals surface area (Å²) in [7, 11) is 0. The summed E-state index contributed by atoms with van der Waals surface area (Å²) in [6, 6.07) is 0.895. The Labute approximate surface area is 117 Å². The molecule has 1 aliphatic carbocycles. The van der Waals surface area contributed by atoms with Gasteiger partial charge in [0.25, 0.3) is 0 Å². The van der Waals surface area contributed by atoms with Crippen molar-refractivity contribution in [3.8, 4) is 0 Å². The van der Waals surface area contributed by atoms with Gasteiger partial charge in [-0.25, -0.2) is 0 Å². The van der Waals surface area contributed by atoms with Gasteiger partial charge in [0.1, 0.15) is 0 Å². The third kappa shape index (κ3) is 3.24. The number of fused-ring (bicyclic) bond motifs is 1. The minimum Gasteiger partial charge on any atom is -0.393 e. The van der Waals surface area contributed by atoms with Crippen molar-refractivity contribution in [3.63, 3.8) is 0 Å². The molecule has 0 bridgehead atoms. The molecule has 1 saturated heterocycles. The number of nitrogens with zero attached hydrogens (tertiary/aromatic N) is 1. The highest BCUT2D eigenvalue weighted by atomic mass is 32.1. The second-order valence-corrected chi connectivity index (χ2v) is 7.23. The molecule has 2 unspecified atom stereocenters. The van der Waals surface area contributed by atoms with E-state index in [2.05, 4.69) is 18.7 Å². The summed E-state index contributed by atoms with van der Waals surface area (Å²) in [4.78, 5) is 3.41. The van der Waals surface area contributed by atoms with E-state index >= 15 is 0 Å². The average Bonchev–Trinajstić information content (AvgIpc) is 2.77. The maximum atomic E-state index is 5.79. The Morgan fingerprint density at radius 3 is 2.72 bits per heavy atom. The number of likely N-dealkylation sites (tertiary alicyclic amines) is 1. The Hall–Kier alpha value is -0.150. The Morgan fingerprint density at radius 1 is 1.28 bits per heavy atom. The van der Waals surface area contributed by atoms with E-state index < -0.39 is 0 Å². The number of hydrogen-bond donors (Lipinski definition) is 1. The van der Waals surface area contributed by atoms with Gasteiger partial charge in [0.15, 0.2) is 0 Å². The van der Waals surface area contributed by atoms with Crippen LogP contribution in [0.5, 0.6) is 0 Å². The van der Waals surface area contributed by atoms with E-state index in [0.29, 0.717) is 4.99 Å². The highest BCUT2D eigenvalue weighted by molar-refractivity contribution is 7.80. The van der Waals surface area contributed by atoms with Crippen LogP contribution >= 0.6 is 12.2 Å². The number of piperidine rings is 1. The molecule has 0 spiro atoms. The number of rotatable bonds is 5. The van der Waals surface area contributed by atoms with Crippen molar-refractivity contribution in [2.24, 2.45) is 17.1 Å². The second-order valence-electron chi connectivity index (χ2n) is 6.79. The molecular weight excluding hydrogens is 240 g/mol. The molecule has 104 valence electrons. The van der Waals surface area contributed by atoms with Crippen LogP contribution in [0, 0.1) is 11.3 Å². The molecule has 0 aromatic rings. The maximum absolute atomic E-state index is 5.79. The Morgan fingerprint density at radius 2 is 2.00 bits per heavy atom. The first-order valence-corrected chi connectivity index (χ1v) is 7.95. The van der Waals surface area contributed by atoms with Crippen molar-refractivity contribution in [3.05, 3.63) is 0 Å². The SMILES string of the molecule is CC(C)(CCCN1CCCC2CCCC21)C(N)=S. The predicted molar refractivity (Wildman–Crippen MR) is 81.7 cm³/mol. The van der Waals surface area contributed by atoms with Gasteiger partial charge < -0.3 is 10.6 Å². The fraction of sp³-hybridized carbons (Fsp3) is 0.933. The van der Waals surface area contributed by atoms with Crippen LogP contribution in [0.1, 0.15) is 58.8 Å². The van der Waals surface area contributed by atoms with Crippen molar-refractivity contribution in [1.29, 1.82) is 0 Å². The van der Waals surface area contributed by atoms with Crippen molar-refractivity contribution >= 4 is 17.2 Å². The topological polar surface area (TPSA) is 29.3 Å². The summed E-state index contributed by atoms with van der Waals surface area (Å²) in [6.45, 7) is 6.90. The van der Waals surface area contributed by atoms with Gasteiger partial charge in [-0.15, -0.1) is 0 Å². The molecule has 2 rings (SSSR count). The summed E-state index contributed by atoms with van der Waals surface area (Å²) < 4.78 is 0. The van der Waals surface area contributed by atoms with Gasteiger partial charge in [-0.3, -0.25) is 0 Å². The molecule has 18 heavy (non-hydrogen) atoms. The number of nitrogens with two attached hydrogens (primary N) is 1.